The molecule has 0 aliphatic rings. The van der Waals surface area contributed by atoms with Gasteiger partial charge in [0.1, 0.15) is 5.78 Å². The third-order valence-electron chi connectivity index (χ3n) is 2.14. The van der Waals surface area contributed by atoms with Crippen LogP contribution >= 0.6 is 0 Å². The molecular weight excluding hydrogens is 182 g/mol. The zero-order chi connectivity index (χ0) is 11.4. The van der Waals surface area contributed by atoms with E-state index in [0.29, 0.717) is 0 Å². The van der Waals surface area contributed by atoms with Gasteiger partial charge in [0.25, 0.3) is 0 Å². The van der Waals surface area contributed by atoms with E-state index in [1.807, 2.05) is 0 Å². The molecule has 0 aromatic heterocycles. The number of carbonyl (C=O) groups is 2. The molecule has 0 bridgehead atoms. The predicted octanol–water partition coefficient (Wildman–Crippen LogP) is 0.396. The quantitative estimate of drug-likeness (QED) is 0.607. The molecular formula is C10H17NO3. The van der Waals surface area contributed by atoms with Crippen molar-refractivity contribution in [3.05, 3.63) is 12.2 Å². The van der Waals surface area contributed by atoms with Gasteiger partial charge in [-0.05, 0) is 0 Å². The minimum Gasteiger partial charge on any atom is -0.396 e. The van der Waals surface area contributed by atoms with E-state index in [0.717, 1.165) is 0 Å². The summed E-state index contributed by atoms with van der Waals surface area (Å²) in [6.07, 6.45) is 0.283. The molecule has 0 heterocycles. The third kappa shape index (κ3) is 3.70. The van der Waals surface area contributed by atoms with Crippen molar-refractivity contribution in [2.75, 3.05) is 6.61 Å². The Morgan fingerprint density at radius 2 is 1.93 bits per heavy atom. The zero-order valence-corrected chi connectivity index (χ0v) is 8.67. The van der Waals surface area contributed by atoms with E-state index in [-0.39, 0.29) is 30.8 Å². The Morgan fingerprint density at radius 3 is 2.29 bits per heavy atom. The van der Waals surface area contributed by atoms with Crippen LogP contribution in [-0.2, 0) is 9.59 Å². The minimum absolute atomic E-state index is 0.0973. The molecule has 0 saturated heterocycles. The number of nitrogens with two attached hydrogens (primary N) is 1. The van der Waals surface area contributed by atoms with Crippen LogP contribution in [0, 0.1) is 5.41 Å². The Hall–Kier alpha value is -1.16. The molecule has 0 saturated carbocycles. The second kappa shape index (κ2) is 4.91. The fourth-order valence-corrected chi connectivity index (χ4v) is 1.15. The zero-order valence-electron chi connectivity index (χ0n) is 8.67. The summed E-state index contributed by atoms with van der Waals surface area (Å²) in [5.74, 6) is -0.688. The van der Waals surface area contributed by atoms with Crippen molar-refractivity contribution in [1.29, 1.82) is 0 Å². The van der Waals surface area contributed by atoms with Crippen LogP contribution in [0.4, 0.5) is 0 Å². The fourth-order valence-electron chi connectivity index (χ4n) is 1.15. The molecule has 0 aromatic carbocycles. The maximum atomic E-state index is 11.2. The molecule has 0 aliphatic heterocycles. The average Bonchev–Trinajstić information content (AvgIpc) is 2.02. The van der Waals surface area contributed by atoms with Gasteiger partial charge < -0.3 is 10.8 Å². The third-order valence-corrected chi connectivity index (χ3v) is 2.14. The van der Waals surface area contributed by atoms with E-state index >= 15 is 0 Å². The van der Waals surface area contributed by atoms with Gasteiger partial charge in [-0.2, -0.15) is 0 Å². The first-order chi connectivity index (χ1) is 6.31. The van der Waals surface area contributed by atoms with Crippen LogP contribution in [0.2, 0.25) is 0 Å². The van der Waals surface area contributed by atoms with Crippen LogP contribution in [-0.4, -0.2) is 23.4 Å². The van der Waals surface area contributed by atoms with E-state index in [9.17, 15) is 9.59 Å². The van der Waals surface area contributed by atoms with Crippen LogP contribution < -0.4 is 5.73 Å². The Morgan fingerprint density at radius 1 is 1.43 bits per heavy atom. The van der Waals surface area contributed by atoms with Gasteiger partial charge in [0.15, 0.2) is 0 Å². The second-order valence-corrected chi connectivity index (χ2v) is 3.92. The summed E-state index contributed by atoms with van der Waals surface area (Å²) in [5, 5.41) is 8.55. The van der Waals surface area contributed by atoms with Gasteiger partial charge in [0.2, 0.25) is 5.91 Å². The summed E-state index contributed by atoms with van der Waals surface area (Å²) in [7, 11) is 0. The van der Waals surface area contributed by atoms with Crippen molar-refractivity contribution in [2.45, 2.75) is 26.7 Å². The van der Waals surface area contributed by atoms with Gasteiger partial charge in [-0.1, -0.05) is 20.4 Å². The highest BCUT2D eigenvalue weighted by Crippen LogP contribution is 2.29. The van der Waals surface area contributed by atoms with Crippen molar-refractivity contribution in [3.63, 3.8) is 0 Å². The Balaban J connectivity index is 4.41. The number of hydrogen-bond donors (Lipinski definition) is 2. The van der Waals surface area contributed by atoms with Crippen molar-refractivity contribution in [2.24, 2.45) is 11.1 Å². The summed E-state index contributed by atoms with van der Waals surface area (Å²) in [6.45, 7) is 6.84. The molecule has 0 rings (SSSR count). The van der Waals surface area contributed by atoms with E-state index < -0.39 is 11.3 Å². The second-order valence-electron chi connectivity index (χ2n) is 3.92. The van der Waals surface area contributed by atoms with Gasteiger partial charge >= 0.3 is 0 Å². The Labute approximate surface area is 83.8 Å². The number of hydrogen-bond acceptors (Lipinski definition) is 3. The van der Waals surface area contributed by atoms with Crippen LogP contribution in [0.15, 0.2) is 12.2 Å². The highest BCUT2D eigenvalue weighted by molar-refractivity contribution is 5.93. The lowest BCUT2D eigenvalue weighted by Gasteiger charge is -2.24. The molecule has 4 heteroatoms. The van der Waals surface area contributed by atoms with E-state index in [2.05, 4.69) is 6.58 Å². The number of aliphatic hydroxyl groups is 1. The van der Waals surface area contributed by atoms with Gasteiger partial charge in [0.05, 0.1) is 0 Å². The molecule has 4 nitrogen and oxygen atoms in total. The number of aliphatic hydroxyl groups excluding tert-OH is 1. The molecule has 1 amide bonds. The monoisotopic (exact) mass is 199 g/mol. The van der Waals surface area contributed by atoms with Gasteiger partial charge in [-0.3, -0.25) is 9.59 Å². The molecule has 80 valence electrons. The summed E-state index contributed by atoms with van der Waals surface area (Å²) in [4.78, 5) is 22.1. The highest BCUT2D eigenvalue weighted by Gasteiger charge is 2.27. The standard InChI is InChI=1S/C10H17NO3/c1-7(9(11)14)10(2,3)6-8(13)4-5-12/h12H,1,4-6H2,2-3H3,(H2,11,14). The first-order valence-electron chi connectivity index (χ1n) is 4.43. The summed E-state index contributed by atoms with van der Waals surface area (Å²) in [5.41, 5.74) is 4.69. The molecule has 0 radical (unpaired) electrons. The first kappa shape index (κ1) is 12.8. The SMILES string of the molecule is C=C(C(N)=O)C(C)(C)CC(=O)CCO. The maximum Gasteiger partial charge on any atom is 0.244 e. The summed E-state index contributed by atoms with van der Waals surface area (Å²) < 4.78 is 0. The molecule has 0 spiro atoms. The van der Waals surface area contributed by atoms with Gasteiger partial charge in [-0.15, -0.1) is 0 Å². The molecule has 3 N–H and O–H groups in total. The van der Waals surface area contributed by atoms with Crippen molar-refractivity contribution in [3.8, 4) is 0 Å². The lowest BCUT2D eigenvalue weighted by molar-refractivity contribution is -0.121. The smallest absolute Gasteiger partial charge is 0.244 e. The van der Waals surface area contributed by atoms with E-state index in [4.69, 9.17) is 10.8 Å². The molecule has 0 fully saturated rings. The number of primary amides is 1. The predicted molar refractivity (Wildman–Crippen MR) is 53.4 cm³/mol. The fraction of sp³-hybridized carbons (Fsp3) is 0.600. The van der Waals surface area contributed by atoms with Crippen molar-refractivity contribution < 1.29 is 14.7 Å². The lowest BCUT2D eigenvalue weighted by atomic mass is 9.79. The van der Waals surface area contributed by atoms with Crippen LogP contribution in [0.1, 0.15) is 26.7 Å². The van der Waals surface area contributed by atoms with Crippen LogP contribution in [0.5, 0.6) is 0 Å². The molecule has 14 heavy (non-hydrogen) atoms. The van der Waals surface area contributed by atoms with Crippen LogP contribution in [0.3, 0.4) is 0 Å². The molecule has 0 atom stereocenters. The van der Waals surface area contributed by atoms with Crippen LogP contribution in [0.25, 0.3) is 0 Å². The Bertz CT molecular complexity index is 256. The summed E-state index contributed by atoms with van der Waals surface area (Å²) in [6, 6.07) is 0. The summed E-state index contributed by atoms with van der Waals surface area (Å²) >= 11 is 0. The van der Waals surface area contributed by atoms with Crippen molar-refractivity contribution >= 4 is 11.7 Å². The largest absolute Gasteiger partial charge is 0.396 e. The number of amides is 1. The first-order valence-corrected chi connectivity index (χ1v) is 4.43. The topological polar surface area (TPSA) is 80.4 Å². The normalized spacial score (nSPS) is 11.1. The maximum absolute atomic E-state index is 11.2. The van der Waals surface area contributed by atoms with E-state index in [1.54, 1.807) is 13.8 Å². The van der Waals surface area contributed by atoms with Gasteiger partial charge in [0, 0.05) is 30.4 Å². The average molecular weight is 199 g/mol. The number of ketones is 1. The number of carbonyl (C=O) groups excluding carboxylic acids is 2. The van der Waals surface area contributed by atoms with Gasteiger partial charge in [-0.25, -0.2) is 0 Å². The number of Topliss-reactive ketones (excluding diaryl/α,β-unsaturated/α-hetero) is 1. The molecule has 0 aromatic rings. The Kier molecular flexibility index (Phi) is 4.50. The molecule has 0 unspecified atom stereocenters. The highest BCUT2D eigenvalue weighted by atomic mass is 16.3. The minimum atomic E-state index is -0.627. The number of rotatable bonds is 6. The van der Waals surface area contributed by atoms with E-state index in [1.165, 1.54) is 0 Å². The molecule has 0 aliphatic carbocycles. The lowest BCUT2D eigenvalue weighted by Crippen LogP contribution is -2.28. The van der Waals surface area contributed by atoms with Crippen molar-refractivity contribution in [1.82, 2.24) is 0 Å².